The number of fused-ring (bicyclic) bond motifs is 1. The van der Waals surface area contributed by atoms with E-state index in [2.05, 4.69) is 17.1 Å². The van der Waals surface area contributed by atoms with Crippen LogP contribution in [0.5, 0.6) is 0 Å². The van der Waals surface area contributed by atoms with E-state index in [4.69, 9.17) is 4.74 Å². The molecule has 1 aromatic carbocycles. The van der Waals surface area contributed by atoms with Gasteiger partial charge in [-0.1, -0.05) is 17.7 Å². The lowest BCUT2D eigenvalue weighted by Gasteiger charge is -2.25. The minimum atomic E-state index is -0.399. The zero-order valence-corrected chi connectivity index (χ0v) is 17.0. The SMILES string of the molecule is Cc1cc(C)c2[nH]c(=O)c(CN(Cc3cccs3)C(=O)[C@@H]3CCCO3)cc2c1. The van der Waals surface area contributed by atoms with E-state index in [9.17, 15) is 9.59 Å². The van der Waals surface area contributed by atoms with Crippen LogP contribution in [-0.4, -0.2) is 28.5 Å². The van der Waals surface area contributed by atoms with Crippen molar-refractivity contribution in [3.63, 3.8) is 0 Å². The Bertz CT molecular complexity index is 1050. The second-order valence-electron chi connectivity index (χ2n) is 7.45. The number of amides is 1. The van der Waals surface area contributed by atoms with Gasteiger partial charge in [0, 0.05) is 17.0 Å². The van der Waals surface area contributed by atoms with Crippen LogP contribution >= 0.6 is 11.3 Å². The van der Waals surface area contributed by atoms with Crippen LogP contribution in [-0.2, 0) is 22.6 Å². The number of nitrogens with zero attached hydrogens (tertiary/aromatic N) is 1. The first-order chi connectivity index (χ1) is 13.5. The van der Waals surface area contributed by atoms with Crippen molar-refractivity contribution in [1.29, 1.82) is 0 Å². The highest BCUT2D eigenvalue weighted by atomic mass is 32.1. The summed E-state index contributed by atoms with van der Waals surface area (Å²) in [7, 11) is 0. The molecule has 1 fully saturated rings. The molecule has 1 atom stereocenters. The number of H-pyrrole nitrogens is 1. The molecule has 1 saturated heterocycles. The lowest BCUT2D eigenvalue weighted by atomic mass is 10.0. The molecule has 1 amide bonds. The molecule has 0 saturated carbocycles. The highest BCUT2D eigenvalue weighted by Crippen LogP contribution is 2.22. The second kappa shape index (κ2) is 7.89. The summed E-state index contributed by atoms with van der Waals surface area (Å²) in [6.45, 7) is 5.42. The first-order valence-electron chi connectivity index (χ1n) is 9.57. The van der Waals surface area contributed by atoms with E-state index < -0.39 is 6.10 Å². The molecule has 1 aliphatic heterocycles. The molecule has 2 aromatic heterocycles. The predicted molar refractivity (Wildman–Crippen MR) is 112 cm³/mol. The minimum absolute atomic E-state index is 0.0363. The molecule has 5 nitrogen and oxygen atoms in total. The topological polar surface area (TPSA) is 62.4 Å². The number of thiophene rings is 1. The van der Waals surface area contributed by atoms with Crippen molar-refractivity contribution in [1.82, 2.24) is 9.88 Å². The monoisotopic (exact) mass is 396 g/mol. The molecular formula is C22H24N2O3S. The number of pyridine rings is 1. The van der Waals surface area contributed by atoms with E-state index in [1.54, 1.807) is 16.2 Å². The number of nitrogens with one attached hydrogen (secondary N) is 1. The van der Waals surface area contributed by atoms with Gasteiger partial charge in [-0.2, -0.15) is 0 Å². The Morgan fingerprint density at radius 3 is 2.86 bits per heavy atom. The van der Waals surface area contributed by atoms with Gasteiger partial charge >= 0.3 is 0 Å². The fraction of sp³-hybridized carbons (Fsp3) is 0.364. The van der Waals surface area contributed by atoms with Crippen molar-refractivity contribution in [2.45, 2.75) is 45.9 Å². The molecule has 1 aliphatic rings. The summed E-state index contributed by atoms with van der Waals surface area (Å²) >= 11 is 1.61. The van der Waals surface area contributed by atoms with Crippen molar-refractivity contribution in [3.05, 3.63) is 67.6 Å². The Morgan fingerprint density at radius 1 is 1.29 bits per heavy atom. The molecule has 0 spiro atoms. The molecule has 4 rings (SSSR count). The lowest BCUT2D eigenvalue weighted by Crippen LogP contribution is -2.39. The Hall–Kier alpha value is -2.44. The van der Waals surface area contributed by atoms with E-state index in [0.717, 1.165) is 39.7 Å². The average molecular weight is 397 g/mol. The number of benzene rings is 1. The molecule has 0 aliphatic carbocycles. The van der Waals surface area contributed by atoms with E-state index in [1.807, 2.05) is 37.4 Å². The maximum Gasteiger partial charge on any atom is 0.253 e. The van der Waals surface area contributed by atoms with Crippen LogP contribution in [0.15, 0.2) is 40.5 Å². The summed E-state index contributed by atoms with van der Waals surface area (Å²) in [6, 6.07) is 10.0. The van der Waals surface area contributed by atoms with Crippen molar-refractivity contribution in [3.8, 4) is 0 Å². The normalized spacial score (nSPS) is 16.6. The Morgan fingerprint density at radius 2 is 2.14 bits per heavy atom. The van der Waals surface area contributed by atoms with Gasteiger partial charge in [0.1, 0.15) is 6.10 Å². The van der Waals surface area contributed by atoms with Gasteiger partial charge in [-0.3, -0.25) is 9.59 Å². The third kappa shape index (κ3) is 3.88. The molecule has 0 unspecified atom stereocenters. The Labute approximate surface area is 168 Å². The van der Waals surface area contributed by atoms with Crippen molar-refractivity contribution in [2.24, 2.45) is 0 Å². The zero-order valence-electron chi connectivity index (χ0n) is 16.2. The quantitative estimate of drug-likeness (QED) is 0.711. The first-order valence-corrected chi connectivity index (χ1v) is 10.4. The van der Waals surface area contributed by atoms with Crippen LogP contribution in [0.25, 0.3) is 10.9 Å². The van der Waals surface area contributed by atoms with Gasteiger partial charge in [0.15, 0.2) is 0 Å². The number of aromatic amines is 1. The number of rotatable bonds is 5. The summed E-state index contributed by atoms with van der Waals surface area (Å²) < 4.78 is 5.61. The zero-order chi connectivity index (χ0) is 19.7. The molecular weight excluding hydrogens is 372 g/mol. The first kappa shape index (κ1) is 18.9. The highest BCUT2D eigenvalue weighted by molar-refractivity contribution is 7.09. The van der Waals surface area contributed by atoms with E-state index in [-0.39, 0.29) is 18.0 Å². The summed E-state index contributed by atoms with van der Waals surface area (Å²) in [4.78, 5) is 31.6. The number of hydrogen-bond acceptors (Lipinski definition) is 4. The van der Waals surface area contributed by atoms with Gasteiger partial charge in [-0.15, -0.1) is 11.3 Å². The molecule has 6 heteroatoms. The summed E-state index contributed by atoms with van der Waals surface area (Å²) in [5.74, 6) is -0.0363. The van der Waals surface area contributed by atoms with E-state index in [1.165, 1.54) is 0 Å². The van der Waals surface area contributed by atoms with Gasteiger partial charge < -0.3 is 14.6 Å². The Balaban J connectivity index is 1.68. The van der Waals surface area contributed by atoms with Crippen LogP contribution in [0.4, 0.5) is 0 Å². The number of carbonyl (C=O) groups excluding carboxylic acids is 1. The number of hydrogen-bond donors (Lipinski definition) is 1. The van der Waals surface area contributed by atoms with Crippen LogP contribution in [0.1, 0.15) is 34.4 Å². The average Bonchev–Trinajstić information content (AvgIpc) is 3.35. The van der Waals surface area contributed by atoms with Crippen LogP contribution in [0.2, 0.25) is 0 Å². The number of aryl methyl sites for hydroxylation is 2. The molecule has 1 N–H and O–H groups in total. The molecule has 3 aromatic rings. The maximum absolute atomic E-state index is 13.1. The van der Waals surface area contributed by atoms with Gasteiger partial charge in [-0.25, -0.2) is 0 Å². The highest BCUT2D eigenvalue weighted by Gasteiger charge is 2.29. The van der Waals surface area contributed by atoms with Crippen molar-refractivity contribution >= 4 is 28.1 Å². The molecule has 0 bridgehead atoms. The minimum Gasteiger partial charge on any atom is -0.368 e. The summed E-state index contributed by atoms with van der Waals surface area (Å²) in [5.41, 5.74) is 3.50. The standard InChI is InChI=1S/C22H24N2O3S/c1-14-9-15(2)20-16(10-14)11-17(21(25)23-20)12-24(13-18-5-4-8-28-18)22(26)19-6-3-7-27-19/h4-5,8-11,19H,3,6-7,12-13H2,1-2H3,(H,23,25)/t19-/m0/s1. The fourth-order valence-corrected chi connectivity index (χ4v) is 4.55. The molecule has 28 heavy (non-hydrogen) atoms. The fourth-order valence-electron chi connectivity index (χ4n) is 3.83. The van der Waals surface area contributed by atoms with Crippen molar-refractivity contribution < 1.29 is 9.53 Å². The maximum atomic E-state index is 13.1. The van der Waals surface area contributed by atoms with Gasteiger partial charge in [0.05, 0.1) is 18.6 Å². The largest absolute Gasteiger partial charge is 0.368 e. The summed E-state index contributed by atoms with van der Waals surface area (Å²) in [5, 5.41) is 2.99. The lowest BCUT2D eigenvalue weighted by molar-refractivity contribution is -0.142. The smallest absolute Gasteiger partial charge is 0.253 e. The van der Waals surface area contributed by atoms with Crippen LogP contribution in [0, 0.1) is 13.8 Å². The third-order valence-corrected chi connectivity index (χ3v) is 6.04. The summed E-state index contributed by atoms with van der Waals surface area (Å²) in [6.07, 6.45) is 1.24. The van der Waals surface area contributed by atoms with Gasteiger partial charge in [-0.05, 0) is 61.2 Å². The number of ether oxygens (including phenoxy) is 1. The molecule has 3 heterocycles. The van der Waals surface area contributed by atoms with E-state index >= 15 is 0 Å². The third-order valence-electron chi connectivity index (χ3n) is 5.18. The Kier molecular flexibility index (Phi) is 5.33. The van der Waals surface area contributed by atoms with Crippen molar-refractivity contribution in [2.75, 3.05) is 6.61 Å². The van der Waals surface area contributed by atoms with E-state index in [0.29, 0.717) is 18.7 Å². The molecule has 146 valence electrons. The predicted octanol–water partition coefficient (Wildman–Crippen LogP) is 3.91. The second-order valence-corrected chi connectivity index (χ2v) is 8.48. The number of aromatic nitrogens is 1. The van der Waals surface area contributed by atoms with Crippen LogP contribution in [0.3, 0.4) is 0 Å². The van der Waals surface area contributed by atoms with Crippen LogP contribution < -0.4 is 5.56 Å². The van der Waals surface area contributed by atoms with Gasteiger partial charge in [0.2, 0.25) is 0 Å². The number of carbonyl (C=O) groups is 1. The molecule has 0 radical (unpaired) electrons. The van der Waals surface area contributed by atoms with Gasteiger partial charge in [0.25, 0.3) is 11.5 Å².